The molecule has 2 aromatic heterocycles. The molecule has 46 heavy (non-hydrogen) atoms. The number of benzene rings is 1. The van der Waals surface area contributed by atoms with Crippen molar-refractivity contribution in [1.29, 1.82) is 5.41 Å². The molecule has 246 valence electrons. The summed E-state index contributed by atoms with van der Waals surface area (Å²) >= 11 is 0. The molecule has 6 N–H and O–H groups in total. The van der Waals surface area contributed by atoms with Crippen molar-refractivity contribution in [3.63, 3.8) is 0 Å². The number of aliphatic hydroxyl groups is 1. The Morgan fingerprint density at radius 1 is 1.15 bits per heavy atom. The number of aromatic amines is 1. The molecule has 0 aliphatic carbocycles. The van der Waals surface area contributed by atoms with Crippen molar-refractivity contribution in [2.75, 3.05) is 6.61 Å². The molecule has 0 radical (unpaired) electrons. The number of amides is 1. The summed E-state index contributed by atoms with van der Waals surface area (Å²) in [5.74, 6) is -2.45. The number of aromatic nitrogens is 1. The van der Waals surface area contributed by atoms with Gasteiger partial charge in [0.25, 0.3) is 0 Å². The van der Waals surface area contributed by atoms with Gasteiger partial charge in [-0.1, -0.05) is 44.2 Å². The van der Waals surface area contributed by atoms with E-state index in [1.54, 1.807) is 38.1 Å². The van der Waals surface area contributed by atoms with Crippen LogP contribution >= 0.6 is 0 Å². The van der Waals surface area contributed by atoms with Crippen molar-refractivity contribution >= 4 is 30.2 Å². The first kappa shape index (κ1) is 33.8. The second kappa shape index (κ2) is 15.3. The summed E-state index contributed by atoms with van der Waals surface area (Å²) in [6, 6.07) is 11.0. The number of hydrogen-bond acceptors (Lipinski definition) is 13. The quantitative estimate of drug-likeness (QED) is 0.0820. The van der Waals surface area contributed by atoms with Gasteiger partial charge in [-0.05, 0) is 30.5 Å². The standard InChI is InChI=1S/C30H35N5O11/c1-15(2)23(32)28(38)46-26-21(13-41-22(36)11-17-7-5-4-6-8-17)44-25(24(26)37)18-9-10-19(34-18)27(33-14-31)35-29(39)42-12-20-16(3)43-30(40)45-20/h4-10,14-15,21,23-26,34,37H,11-13,32H2,1-3H3,(H2,31,33,35,39)/t21?,23-,24-,25-,26+/m0/s1. The number of H-pyrrole nitrogens is 1. The van der Waals surface area contributed by atoms with Gasteiger partial charge in [-0.2, -0.15) is 0 Å². The molecule has 4 rings (SSSR count). The predicted molar refractivity (Wildman–Crippen MR) is 159 cm³/mol. The van der Waals surface area contributed by atoms with E-state index in [2.05, 4.69) is 15.3 Å². The number of carbonyl (C=O) groups is 3. The number of aryl methyl sites for hydroxylation is 1. The van der Waals surface area contributed by atoms with Gasteiger partial charge in [0.05, 0.1) is 12.1 Å². The fraction of sp³-hybridized carbons (Fsp3) is 0.400. The van der Waals surface area contributed by atoms with Gasteiger partial charge < -0.3 is 43.6 Å². The van der Waals surface area contributed by atoms with Gasteiger partial charge in [0.2, 0.25) is 0 Å². The lowest BCUT2D eigenvalue weighted by Gasteiger charge is -2.23. The summed E-state index contributed by atoms with van der Waals surface area (Å²) in [4.78, 5) is 55.7. The zero-order valence-electron chi connectivity index (χ0n) is 25.3. The molecule has 0 bridgehead atoms. The average Bonchev–Trinajstić information content (AvgIpc) is 3.72. The molecule has 1 amide bonds. The van der Waals surface area contributed by atoms with Crippen molar-refractivity contribution in [2.45, 2.75) is 64.3 Å². The number of hydrogen-bond donors (Lipinski definition) is 5. The summed E-state index contributed by atoms with van der Waals surface area (Å²) in [6.07, 6.45) is -5.10. The number of aliphatic hydroxyl groups excluding tert-OH is 1. The molecular formula is C30H35N5O11. The predicted octanol–water partition coefficient (Wildman–Crippen LogP) is 1.63. The fourth-order valence-electron chi connectivity index (χ4n) is 4.47. The van der Waals surface area contributed by atoms with Crippen molar-refractivity contribution in [2.24, 2.45) is 16.6 Å². The van der Waals surface area contributed by atoms with Gasteiger partial charge in [0, 0.05) is 5.69 Å². The maximum Gasteiger partial charge on any atom is 0.519 e. The van der Waals surface area contributed by atoms with Crippen LogP contribution in [0.15, 0.2) is 61.1 Å². The molecule has 1 aliphatic heterocycles. The Hall–Kier alpha value is -5.06. The number of nitrogens with one attached hydrogen (secondary N) is 3. The van der Waals surface area contributed by atoms with Crippen LogP contribution in [-0.2, 0) is 41.6 Å². The Morgan fingerprint density at radius 2 is 1.89 bits per heavy atom. The molecule has 1 saturated heterocycles. The molecular weight excluding hydrogens is 606 g/mol. The minimum atomic E-state index is -1.42. The largest absolute Gasteiger partial charge is 0.519 e. The van der Waals surface area contributed by atoms with E-state index in [1.807, 2.05) is 6.07 Å². The highest BCUT2D eigenvalue weighted by Gasteiger charge is 2.48. The number of ether oxygens (including phenoxy) is 4. The van der Waals surface area contributed by atoms with E-state index in [0.29, 0.717) is 12.0 Å². The zero-order valence-corrected chi connectivity index (χ0v) is 25.3. The summed E-state index contributed by atoms with van der Waals surface area (Å²) in [5, 5.41) is 21.0. The number of amidine groups is 1. The summed E-state index contributed by atoms with van der Waals surface area (Å²) in [5.41, 5.74) is 7.19. The maximum atomic E-state index is 12.7. The SMILES string of the molecule is Cc1oc(=O)oc1COC(=O)NC(=NC=N)c1ccc([C@@H]2OC(COC(=O)Cc3ccccc3)[C@@H](OC(=O)[C@@H](N)C(C)C)[C@H]2O)[nH]1. The van der Waals surface area contributed by atoms with E-state index in [9.17, 15) is 24.3 Å². The lowest BCUT2D eigenvalue weighted by Crippen LogP contribution is -2.44. The molecule has 16 heteroatoms. The Bertz CT molecular complexity index is 1610. The van der Waals surface area contributed by atoms with Crippen molar-refractivity contribution in [3.8, 4) is 0 Å². The Balaban J connectivity index is 1.46. The first-order valence-corrected chi connectivity index (χ1v) is 14.2. The van der Waals surface area contributed by atoms with Crippen LogP contribution < -0.4 is 16.9 Å². The first-order valence-electron chi connectivity index (χ1n) is 14.2. The van der Waals surface area contributed by atoms with Gasteiger partial charge >= 0.3 is 23.9 Å². The summed E-state index contributed by atoms with van der Waals surface area (Å²) in [7, 11) is 0. The highest BCUT2D eigenvalue weighted by atomic mass is 16.6. The number of nitrogens with zero attached hydrogens (tertiary/aromatic N) is 1. The molecule has 1 fully saturated rings. The smallest absolute Gasteiger partial charge is 0.463 e. The van der Waals surface area contributed by atoms with Gasteiger partial charge in [0.1, 0.15) is 37.3 Å². The van der Waals surface area contributed by atoms with Gasteiger partial charge in [-0.3, -0.25) is 20.3 Å². The topological polar surface area (TPSA) is 242 Å². The van der Waals surface area contributed by atoms with Crippen LogP contribution in [0.5, 0.6) is 0 Å². The maximum absolute atomic E-state index is 12.7. The van der Waals surface area contributed by atoms with Gasteiger partial charge in [-0.15, -0.1) is 0 Å². The second-order valence-corrected chi connectivity index (χ2v) is 10.7. The normalized spacial score (nSPS) is 20.3. The van der Waals surface area contributed by atoms with E-state index in [4.69, 9.17) is 38.9 Å². The van der Waals surface area contributed by atoms with E-state index in [-0.39, 0.29) is 42.0 Å². The third-order valence-electron chi connectivity index (χ3n) is 7.03. The number of esters is 2. The third-order valence-corrected chi connectivity index (χ3v) is 7.03. The molecule has 5 atom stereocenters. The van der Waals surface area contributed by atoms with E-state index < -0.39 is 60.9 Å². The highest BCUT2D eigenvalue weighted by molar-refractivity contribution is 6.07. The first-order chi connectivity index (χ1) is 22.0. The number of rotatable bonds is 12. The van der Waals surface area contributed by atoms with Crippen LogP contribution in [0, 0.1) is 18.3 Å². The minimum absolute atomic E-state index is 0.00288. The van der Waals surface area contributed by atoms with Crippen LogP contribution in [0.3, 0.4) is 0 Å². The van der Waals surface area contributed by atoms with Crippen molar-refractivity contribution < 1.29 is 47.3 Å². The lowest BCUT2D eigenvalue weighted by molar-refractivity contribution is -0.162. The van der Waals surface area contributed by atoms with Crippen LogP contribution in [0.25, 0.3) is 0 Å². The van der Waals surface area contributed by atoms with E-state index >= 15 is 0 Å². The molecule has 1 aromatic carbocycles. The molecule has 3 aromatic rings. The minimum Gasteiger partial charge on any atom is -0.463 e. The third kappa shape index (κ3) is 8.56. The molecule has 1 aliphatic rings. The van der Waals surface area contributed by atoms with Crippen molar-refractivity contribution in [1.82, 2.24) is 10.3 Å². The van der Waals surface area contributed by atoms with Gasteiger partial charge in [0.15, 0.2) is 30.1 Å². The average molecular weight is 642 g/mol. The Kier molecular flexibility index (Phi) is 11.2. The molecule has 0 spiro atoms. The van der Waals surface area contributed by atoms with Crippen molar-refractivity contribution in [3.05, 3.63) is 81.6 Å². The number of alkyl carbamates (subject to hydrolysis) is 1. The fourth-order valence-corrected chi connectivity index (χ4v) is 4.47. The van der Waals surface area contributed by atoms with Crippen LogP contribution in [0.1, 0.15) is 48.4 Å². The van der Waals surface area contributed by atoms with Crippen LogP contribution in [0.4, 0.5) is 4.79 Å². The molecule has 16 nitrogen and oxygen atoms in total. The van der Waals surface area contributed by atoms with E-state index in [0.717, 1.165) is 5.56 Å². The number of carbonyl (C=O) groups excluding carboxylic acids is 3. The number of aliphatic imine (C=N–C) groups is 1. The molecule has 3 heterocycles. The lowest BCUT2D eigenvalue weighted by atomic mass is 10.0. The van der Waals surface area contributed by atoms with Crippen LogP contribution in [0.2, 0.25) is 0 Å². The zero-order chi connectivity index (χ0) is 33.4. The molecule has 0 saturated carbocycles. The Labute approximate surface area is 262 Å². The Morgan fingerprint density at radius 3 is 2.54 bits per heavy atom. The summed E-state index contributed by atoms with van der Waals surface area (Å²) in [6.45, 7) is 4.22. The van der Waals surface area contributed by atoms with Gasteiger partial charge in [-0.25, -0.2) is 14.6 Å². The highest BCUT2D eigenvalue weighted by Crippen LogP contribution is 2.35. The molecule has 1 unspecified atom stereocenters. The van der Waals surface area contributed by atoms with Crippen LogP contribution in [-0.4, -0.2) is 71.3 Å². The monoisotopic (exact) mass is 641 g/mol. The number of nitrogens with two attached hydrogens (primary N) is 1. The second-order valence-electron chi connectivity index (χ2n) is 10.7. The van der Waals surface area contributed by atoms with E-state index in [1.165, 1.54) is 19.1 Å². The summed E-state index contributed by atoms with van der Waals surface area (Å²) < 4.78 is 31.6.